The molecule has 0 spiro atoms. The van der Waals surface area contributed by atoms with Crippen LogP contribution in [0.2, 0.25) is 5.02 Å². The summed E-state index contributed by atoms with van der Waals surface area (Å²) in [5, 5.41) is 7.31. The lowest BCUT2D eigenvalue weighted by molar-refractivity contribution is 0.583. The van der Waals surface area contributed by atoms with Crippen LogP contribution < -0.4 is 5.32 Å². The van der Waals surface area contributed by atoms with Gasteiger partial charge in [-0.2, -0.15) is 0 Å². The second-order valence-corrected chi connectivity index (χ2v) is 7.50. The summed E-state index contributed by atoms with van der Waals surface area (Å²) in [6, 6.07) is 5.84. The monoisotopic (exact) mass is 358 g/mol. The van der Waals surface area contributed by atoms with E-state index in [4.69, 9.17) is 11.6 Å². The zero-order valence-electron chi connectivity index (χ0n) is 11.1. The molecule has 1 aromatic carbocycles. The molecule has 2 rings (SSSR count). The molecule has 0 unspecified atom stereocenters. The number of hydrogen-bond donors (Lipinski definition) is 1. The predicted molar refractivity (Wildman–Crippen MR) is 87.3 cm³/mol. The van der Waals surface area contributed by atoms with Crippen molar-refractivity contribution in [1.29, 1.82) is 0 Å². The summed E-state index contributed by atoms with van der Waals surface area (Å²) in [4.78, 5) is 4.65. The summed E-state index contributed by atoms with van der Waals surface area (Å²) in [5.74, 6) is 0. The van der Waals surface area contributed by atoms with E-state index in [9.17, 15) is 0 Å². The molecule has 0 amide bonds. The number of benzene rings is 1. The standard InChI is InChI=1S/C14H16BrClN2S/c1-14(2,3)13-18-10(8-19-13)7-17-9-4-5-11(15)12(16)6-9/h4-6,8,17H,7H2,1-3H3. The van der Waals surface area contributed by atoms with Gasteiger partial charge in [0, 0.05) is 21.0 Å². The van der Waals surface area contributed by atoms with E-state index >= 15 is 0 Å². The lowest BCUT2D eigenvalue weighted by Crippen LogP contribution is -2.11. The number of halogens is 2. The Labute approximate surface area is 131 Å². The molecule has 0 aliphatic rings. The topological polar surface area (TPSA) is 24.9 Å². The number of nitrogens with one attached hydrogen (secondary N) is 1. The van der Waals surface area contributed by atoms with Crippen molar-refractivity contribution < 1.29 is 0 Å². The number of anilines is 1. The minimum Gasteiger partial charge on any atom is -0.379 e. The van der Waals surface area contributed by atoms with Crippen molar-refractivity contribution in [2.75, 3.05) is 5.32 Å². The van der Waals surface area contributed by atoms with Crippen LogP contribution in [0.5, 0.6) is 0 Å². The first-order valence-electron chi connectivity index (χ1n) is 6.00. The molecule has 0 fully saturated rings. The van der Waals surface area contributed by atoms with Gasteiger partial charge in [-0.25, -0.2) is 4.98 Å². The molecule has 1 aromatic heterocycles. The third-order valence-electron chi connectivity index (χ3n) is 2.59. The molecule has 2 nitrogen and oxygen atoms in total. The van der Waals surface area contributed by atoms with Gasteiger partial charge in [-0.15, -0.1) is 11.3 Å². The van der Waals surface area contributed by atoms with Gasteiger partial charge in [0.05, 0.1) is 22.3 Å². The predicted octanol–water partition coefficient (Wildman–Crippen LogP) is 5.47. The van der Waals surface area contributed by atoms with Gasteiger partial charge in [-0.05, 0) is 34.1 Å². The maximum atomic E-state index is 6.06. The summed E-state index contributed by atoms with van der Waals surface area (Å²) >= 11 is 11.2. The van der Waals surface area contributed by atoms with Crippen LogP contribution in [0.25, 0.3) is 0 Å². The molecule has 2 aromatic rings. The van der Waals surface area contributed by atoms with Crippen LogP contribution in [-0.2, 0) is 12.0 Å². The molecule has 0 atom stereocenters. The average Bonchev–Trinajstić information content (AvgIpc) is 2.79. The number of nitrogens with zero attached hydrogens (tertiary/aromatic N) is 1. The van der Waals surface area contributed by atoms with Crippen molar-refractivity contribution in [2.24, 2.45) is 0 Å². The number of aromatic nitrogens is 1. The van der Waals surface area contributed by atoms with Crippen molar-refractivity contribution in [3.63, 3.8) is 0 Å². The highest BCUT2D eigenvalue weighted by molar-refractivity contribution is 9.10. The van der Waals surface area contributed by atoms with Crippen LogP contribution in [0.3, 0.4) is 0 Å². The van der Waals surface area contributed by atoms with E-state index < -0.39 is 0 Å². The normalized spacial score (nSPS) is 11.6. The fourth-order valence-electron chi connectivity index (χ4n) is 1.53. The molecule has 5 heteroatoms. The number of hydrogen-bond acceptors (Lipinski definition) is 3. The average molecular weight is 360 g/mol. The van der Waals surface area contributed by atoms with Gasteiger partial charge in [0.2, 0.25) is 0 Å². The largest absolute Gasteiger partial charge is 0.379 e. The first kappa shape index (κ1) is 14.8. The minimum absolute atomic E-state index is 0.115. The van der Waals surface area contributed by atoms with Gasteiger partial charge in [0.1, 0.15) is 0 Å². The second-order valence-electron chi connectivity index (χ2n) is 5.38. The minimum atomic E-state index is 0.115. The van der Waals surface area contributed by atoms with Crippen LogP contribution in [0.15, 0.2) is 28.1 Å². The van der Waals surface area contributed by atoms with Crippen LogP contribution in [0.4, 0.5) is 5.69 Å². The second kappa shape index (κ2) is 5.81. The molecule has 0 saturated heterocycles. The Balaban J connectivity index is 2.02. The van der Waals surface area contributed by atoms with Crippen molar-refractivity contribution in [1.82, 2.24) is 4.98 Å². The van der Waals surface area contributed by atoms with Crippen LogP contribution in [0, 0.1) is 0 Å². The maximum Gasteiger partial charge on any atom is 0.0982 e. The van der Waals surface area contributed by atoms with Crippen LogP contribution in [0.1, 0.15) is 31.5 Å². The lowest BCUT2D eigenvalue weighted by Gasteiger charge is -2.13. The first-order chi connectivity index (χ1) is 8.86. The fourth-order valence-corrected chi connectivity index (χ4v) is 2.87. The lowest BCUT2D eigenvalue weighted by atomic mass is 9.98. The summed E-state index contributed by atoms with van der Waals surface area (Å²) in [5.41, 5.74) is 2.18. The summed E-state index contributed by atoms with van der Waals surface area (Å²) in [6.45, 7) is 7.25. The molecule has 0 saturated carbocycles. The molecule has 0 radical (unpaired) electrons. The van der Waals surface area contributed by atoms with E-state index in [-0.39, 0.29) is 5.41 Å². The highest BCUT2D eigenvalue weighted by Gasteiger charge is 2.17. The van der Waals surface area contributed by atoms with E-state index in [0.717, 1.165) is 20.9 Å². The summed E-state index contributed by atoms with van der Waals surface area (Å²) in [6.07, 6.45) is 0. The van der Waals surface area contributed by atoms with Crippen LogP contribution in [-0.4, -0.2) is 4.98 Å². The van der Waals surface area contributed by atoms with Gasteiger partial charge >= 0.3 is 0 Å². The van der Waals surface area contributed by atoms with Gasteiger partial charge in [-0.3, -0.25) is 0 Å². The third kappa shape index (κ3) is 3.94. The fraction of sp³-hybridized carbons (Fsp3) is 0.357. The van der Waals surface area contributed by atoms with E-state index in [1.165, 1.54) is 0 Å². The molecule has 102 valence electrons. The van der Waals surface area contributed by atoms with E-state index in [0.29, 0.717) is 11.6 Å². The molecular weight excluding hydrogens is 344 g/mol. The van der Waals surface area contributed by atoms with E-state index in [1.54, 1.807) is 11.3 Å². The Kier molecular flexibility index (Phi) is 4.54. The SMILES string of the molecule is CC(C)(C)c1nc(CNc2ccc(Br)c(Cl)c2)cs1. The van der Waals surface area contributed by atoms with Gasteiger partial charge in [0.15, 0.2) is 0 Å². The van der Waals surface area contributed by atoms with Crippen molar-refractivity contribution >= 4 is 44.6 Å². The zero-order valence-corrected chi connectivity index (χ0v) is 14.3. The molecule has 0 aliphatic heterocycles. The van der Waals surface area contributed by atoms with E-state index in [2.05, 4.69) is 52.4 Å². The Morgan fingerprint density at radius 1 is 1.37 bits per heavy atom. The maximum absolute atomic E-state index is 6.06. The number of rotatable bonds is 3. The highest BCUT2D eigenvalue weighted by Crippen LogP contribution is 2.27. The Hall–Kier alpha value is -0.580. The first-order valence-corrected chi connectivity index (χ1v) is 8.05. The summed E-state index contributed by atoms with van der Waals surface area (Å²) in [7, 11) is 0. The molecule has 0 aliphatic carbocycles. The molecule has 0 bridgehead atoms. The molecule has 19 heavy (non-hydrogen) atoms. The Bertz CT molecular complexity index is 575. The zero-order chi connectivity index (χ0) is 14.0. The van der Waals surface area contributed by atoms with Gasteiger partial charge in [-0.1, -0.05) is 32.4 Å². The van der Waals surface area contributed by atoms with Crippen molar-refractivity contribution in [3.05, 3.63) is 43.8 Å². The van der Waals surface area contributed by atoms with Gasteiger partial charge in [0.25, 0.3) is 0 Å². The molecule has 1 heterocycles. The van der Waals surface area contributed by atoms with Crippen molar-refractivity contribution in [2.45, 2.75) is 32.7 Å². The van der Waals surface area contributed by atoms with E-state index in [1.807, 2.05) is 18.2 Å². The number of thiazole rings is 1. The quantitative estimate of drug-likeness (QED) is 0.786. The van der Waals surface area contributed by atoms with Crippen LogP contribution >= 0.6 is 38.9 Å². The Morgan fingerprint density at radius 2 is 2.11 bits per heavy atom. The highest BCUT2D eigenvalue weighted by atomic mass is 79.9. The smallest absolute Gasteiger partial charge is 0.0982 e. The third-order valence-corrected chi connectivity index (χ3v) is 5.14. The van der Waals surface area contributed by atoms with Gasteiger partial charge < -0.3 is 5.32 Å². The summed E-state index contributed by atoms with van der Waals surface area (Å²) < 4.78 is 0.906. The Morgan fingerprint density at radius 3 is 2.68 bits per heavy atom. The van der Waals surface area contributed by atoms with Crippen molar-refractivity contribution in [3.8, 4) is 0 Å². The molecular formula is C14H16BrClN2S. The molecule has 1 N–H and O–H groups in total.